The van der Waals surface area contributed by atoms with Gasteiger partial charge in [0.15, 0.2) is 0 Å². The van der Waals surface area contributed by atoms with Gasteiger partial charge in [-0.25, -0.2) is 8.42 Å². The molecule has 1 unspecified atom stereocenters. The molecule has 0 fully saturated rings. The van der Waals surface area contributed by atoms with Gasteiger partial charge in [-0.15, -0.1) is 0 Å². The number of rotatable bonds is 14. The number of aryl methyl sites for hydroxylation is 1. The summed E-state index contributed by atoms with van der Waals surface area (Å²) in [6, 6.07) is 19.2. The van der Waals surface area contributed by atoms with E-state index in [0.29, 0.717) is 30.3 Å². The zero-order valence-electron chi connectivity index (χ0n) is 24.8. The van der Waals surface area contributed by atoms with Gasteiger partial charge >= 0.3 is 0 Å². The lowest BCUT2D eigenvalue weighted by molar-refractivity contribution is -0.140. The van der Waals surface area contributed by atoms with Gasteiger partial charge in [0.2, 0.25) is 11.8 Å². The number of hydrogen-bond donors (Lipinski definition) is 1. The smallest absolute Gasteiger partial charge is 0.264 e. The fraction of sp³-hybridized carbons (Fsp3) is 0.375. The molecular weight excluding hydrogens is 574 g/mol. The molecule has 0 aromatic heterocycles. The van der Waals surface area contributed by atoms with Crippen LogP contribution in [0.1, 0.15) is 45.2 Å². The minimum Gasteiger partial charge on any atom is -0.494 e. The molecule has 0 saturated carbocycles. The maximum atomic E-state index is 14.1. The van der Waals surface area contributed by atoms with Gasteiger partial charge in [0.05, 0.1) is 17.2 Å². The van der Waals surface area contributed by atoms with Crippen LogP contribution < -0.4 is 14.4 Å². The molecule has 1 atom stereocenters. The monoisotopic (exact) mass is 613 g/mol. The van der Waals surface area contributed by atoms with Crippen molar-refractivity contribution < 1.29 is 22.7 Å². The van der Waals surface area contributed by atoms with Crippen molar-refractivity contribution >= 4 is 39.1 Å². The predicted octanol–water partition coefficient (Wildman–Crippen LogP) is 5.82. The second-order valence-corrected chi connectivity index (χ2v) is 12.8. The predicted molar refractivity (Wildman–Crippen MR) is 167 cm³/mol. The van der Waals surface area contributed by atoms with Gasteiger partial charge < -0.3 is 15.0 Å². The molecule has 8 nitrogen and oxygen atoms in total. The van der Waals surface area contributed by atoms with Crippen LogP contribution in [0.5, 0.6) is 5.75 Å². The number of amides is 2. The standard InChI is InChI=1S/C32H40ClN3O5S/c1-6-30(32(38)34-20-23(3)4)35(21-25-10-8-24(5)9-11-25)31(37)22-36(27-14-16-28(17-15-27)41-7-2)42(39,40)29-18-12-26(33)13-19-29/h8-19,23,30H,6-7,20-22H2,1-5H3,(H,34,38). The van der Waals surface area contributed by atoms with Crippen molar-refractivity contribution in [3.63, 3.8) is 0 Å². The molecule has 0 radical (unpaired) electrons. The highest BCUT2D eigenvalue weighted by molar-refractivity contribution is 7.92. The minimum absolute atomic E-state index is 0.0135. The Hall–Kier alpha value is -3.56. The Morgan fingerprint density at radius 1 is 0.929 bits per heavy atom. The number of benzene rings is 3. The zero-order valence-corrected chi connectivity index (χ0v) is 26.4. The van der Waals surface area contributed by atoms with E-state index in [-0.39, 0.29) is 29.0 Å². The third kappa shape index (κ3) is 8.72. The Balaban J connectivity index is 2.04. The molecule has 3 aromatic carbocycles. The summed E-state index contributed by atoms with van der Waals surface area (Å²) in [5.41, 5.74) is 2.18. The topological polar surface area (TPSA) is 96.0 Å². The Bertz CT molecular complexity index is 1430. The number of nitrogens with one attached hydrogen (secondary N) is 1. The number of carbonyl (C=O) groups excluding carboxylic acids is 2. The van der Waals surface area contributed by atoms with Crippen LogP contribution in [0.3, 0.4) is 0 Å². The molecule has 2 amide bonds. The van der Waals surface area contributed by atoms with Crippen LogP contribution in [0.15, 0.2) is 77.7 Å². The highest BCUT2D eigenvalue weighted by Gasteiger charge is 2.33. The van der Waals surface area contributed by atoms with Gasteiger partial charge in [0.25, 0.3) is 10.0 Å². The maximum Gasteiger partial charge on any atom is 0.264 e. The summed E-state index contributed by atoms with van der Waals surface area (Å²) in [6.07, 6.45) is 0.356. The summed E-state index contributed by atoms with van der Waals surface area (Å²) < 4.78 is 34.5. The molecule has 0 heterocycles. The average molecular weight is 614 g/mol. The van der Waals surface area contributed by atoms with E-state index < -0.39 is 28.5 Å². The summed E-state index contributed by atoms with van der Waals surface area (Å²) in [5, 5.41) is 3.33. The first-order valence-electron chi connectivity index (χ1n) is 14.1. The number of anilines is 1. The highest BCUT2D eigenvalue weighted by atomic mass is 35.5. The number of carbonyl (C=O) groups is 2. The summed E-state index contributed by atoms with van der Waals surface area (Å²) in [7, 11) is -4.19. The van der Waals surface area contributed by atoms with Crippen LogP contribution in [0, 0.1) is 12.8 Å². The van der Waals surface area contributed by atoms with Crippen molar-refractivity contribution in [1.82, 2.24) is 10.2 Å². The summed E-state index contributed by atoms with van der Waals surface area (Å²) in [5.74, 6) is 0.0195. The molecule has 0 aliphatic heterocycles. The molecule has 226 valence electrons. The molecule has 1 N–H and O–H groups in total. The Labute approximate surface area is 254 Å². The Morgan fingerprint density at radius 3 is 2.10 bits per heavy atom. The van der Waals surface area contributed by atoms with E-state index in [4.69, 9.17) is 16.3 Å². The van der Waals surface area contributed by atoms with E-state index in [2.05, 4.69) is 5.32 Å². The van der Waals surface area contributed by atoms with Crippen molar-refractivity contribution in [2.24, 2.45) is 5.92 Å². The normalized spacial score (nSPS) is 12.1. The first-order chi connectivity index (χ1) is 20.0. The van der Waals surface area contributed by atoms with Crippen LogP contribution in [-0.4, -0.2) is 50.9 Å². The van der Waals surface area contributed by atoms with Crippen molar-refractivity contribution in [2.75, 3.05) is 24.0 Å². The van der Waals surface area contributed by atoms with Crippen LogP contribution in [0.25, 0.3) is 0 Å². The van der Waals surface area contributed by atoms with E-state index in [1.54, 1.807) is 24.3 Å². The van der Waals surface area contributed by atoms with Gasteiger partial charge in [-0.05, 0) is 80.3 Å². The second-order valence-electron chi connectivity index (χ2n) is 10.5. The third-order valence-corrected chi connectivity index (χ3v) is 8.70. The summed E-state index contributed by atoms with van der Waals surface area (Å²) >= 11 is 6.02. The van der Waals surface area contributed by atoms with E-state index in [1.807, 2.05) is 58.9 Å². The summed E-state index contributed by atoms with van der Waals surface area (Å²) in [6.45, 7) is 10.2. The van der Waals surface area contributed by atoms with E-state index in [9.17, 15) is 18.0 Å². The van der Waals surface area contributed by atoms with Crippen molar-refractivity contribution in [3.05, 3.63) is 88.9 Å². The third-order valence-electron chi connectivity index (χ3n) is 6.66. The Morgan fingerprint density at radius 2 is 1.55 bits per heavy atom. The van der Waals surface area contributed by atoms with Crippen LogP contribution >= 0.6 is 11.6 Å². The highest BCUT2D eigenvalue weighted by Crippen LogP contribution is 2.27. The van der Waals surface area contributed by atoms with Crippen molar-refractivity contribution in [3.8, 4) is 5.75 Å². The van der Waals surface area contributed by atoms with Crippen LogP contribution in [-0.2, 0) is 26.2 Å². The fourth-order valence-corrected chi connectivity index (χ4v) is 5.91. The largest absolute Gasteiger partial charge is 0.494 e. The van der Waals surface area contributed by atoms with Gasteiger partial charge in [-0.3, -0.25) is 13.9 Å². The molecule has 0 aliphatic rings. The second kappa shape index (κ2) is 15.1. The van der Waals surface area contributed by atoms with Gasteiger partial charge in [-0.2, -0.15) is 0 Å². The summed E-state index contributed by atoms with van der Waals surface area (Å²) in [4.78, 5) is 28.9. The SMILES string of the molecule is CCOc1ccc(N(CC(=O)N(Cc2ccc(C)cc2)C(CC)C(=O)NCC(C)C)S(=O)(=O)c2ccc(Cl)cc2)cc1. The molecule has 3 aromatic rings. The van der Waals surface area contributed by atoms with E-state index >= 15 is 0 Å². The lowest BCUT2D eigenvalue weighted by atomic mass is 10.1. The molecule has 10 heteroatoms. The zero-order chi connectivity index (χ0) is 30.9. The number of sulfonamides is 1. The average Bonchev–Trinajstić information content (AvgIpc) is 2.96. The molecule has 3 rings (SSSR count). The van der Waals surface area contributed by atoms with Gasteiger partial charge in [0, 0.05) is 18.1 Å². The first-order valence-corrected chi connectivity index (χ1v) is 15.9. The maximum absolute atomic E-state index is 14.1. The first kappa shape index (κ1) is 32.9. The molecule has 0 aliphatic carbocycles. The number of halogens is 1. The van der Waals surface area contributed by atoms with Crippen molar-refractivity contribution in [2.45, 2.75) is 58.5 Å². The molecule has 0 spiro atoms. The molecule has 42 heavy (non-hydrogen) atoms. The lowest BCUT2D eigenvalue weighted by Gasteiger charge is -2.33. The van der Waals surface area contributed by atoms with Crippen LogP contribution in [0.2, 0.25) is 5.02 Å². The van der Waals surface area contributed by atoms with E-state index in [0.717, 1.165) is 15.4 Å². The molecule has 0 saturated heterocycles. The van der Waals surface area contributed by atoms with Crippen LogP contribution in [0.4, 0.5) is 5.69 Å². The van der Waals surface area contributed by atoms with Gasteiger partial charge in [-0.1, -0.05) is 62.2 Å². The quantitative estimate of drug-likeness (QED) is 0.247. The number of ether oxygens (including phenoxy) is 1. The van der Waals surface area contributed by atoms with Gasteiger partial charge in [0.1, 0.15) is 18.3 Å². The number of hydrogen-bond acceptors (Lipinski definition) is 5. The molecular formula is C32H40ClN3O5S. The van der Waals surface area contributed by atoms with E-state index in [1.165, 1.54) is 29.2 Å². The number of nitrogens with zero attached hydrogens (tertiary/aromatic N) is 2. The lowest BCUT2D eigenvalue weighted by Crippen LogP contribution is -2.52. The molecule has 0 bridgehead atoms. The minimum atomic E-state index is -4.19. The van der Waals surface area contributed by atoms with Crippen molar-refractivity contribution in [1.29, 1.82) is 0 Å². The Kier molecular flexibility index (Phi) is 11.8. The fourth-order valence-electron chi connectivity index (χ4n) is 4.37.